The number of hydrogen-bond donors (Lipinski definition) is 1. The Hall–Kier alpha value is -1.83. The number of rotatable bonds is 6. The summed E-state index contributed by atoms with van der Waals surface area (Å²) in [5.41, 5.74) is 4.96. The average molecular weight is 254 g/mol. The molecule has 19 heavy (non-hydrogen) atoms. The Labute approximate surface area is 115 Å². The number of pyridine rings is 1. The molecule has 0 atom stereocenters. The van der Waals surface area contributed by atoms with Gasteiger partial charge in [0.05, 0.1) is 11.4 Å². The molecule has 2 heteroatoms. The summed E-state index contributed by atoms with van der Waals surface area (Å²) in [5.74, 6) is 0. The summed E-state index contributed by atoms with van der Waals surface area (Å²) in [5, 5.41) is 3.19. The Bertz CT molecular complexity index is 503. The molecule has 2 nitrogen and oxygen atoms in total. The molecule has 2 rings (SSSR count). The Morgan fingerprint density at radius 2 is 1.79 bits per heavy atom. The van der Waals surface area contributed by atoms with Gasteiger partial charge >= 0.3 is 0 Å². The Morgan fingerprint density at radius 1 is 1.05 bits per heavy atom. The van der Waals surface area contributed by atoms with E-state index >= 15 is 0 Å². The van der Waals surface area contributed by atoms with Gasteiger partial charge in [-0.05, 0) is 36.1 Å². The number of aryl methyl sites for hydroxylation is 1. The molecule has 0 saturated carbocycles. The number of nitrogens with zero attached hydrogens (tertiary/aromatic N) is 1. The summed E-state index contributed by atoms with van der Waals surface area (Å²) in [6, 6.07) is 13.0. The maximum atomic E-state index is 4.45. The fraction of sp³-hybridized carbons (Fsp3) is 0.353. The first-order valence-corrected chi connectivity index (χ1v) is 7.03. The van der Waals surface area contributed by atoms with Gasteiger partial charge < -0.3 is 5.32 Å². The summed E-state index contributed by atoms with van der Waals surface area (Å²) >= 11 is 0. The molecule has 0 bridgehead atoms. The summed E-state index contributed by atoms with van der Waals surface area (Å²) in [4.78, 5) is 4.45. The number of hydrogen-bond acceptors (Lipinski definition) is 2. The quantitative estimate of drug-likeness (QED) is 0.841. The van der Waals surface area contributed by atoms with E-state index in [1.165, 1.54) is 30.4 Å². The maximum Gasteiger partial charge on any atom is 0.0678 e. The molecule has 0 spiro atoms. The van der Waals surface area contributed by atoms with Crippen molar-refractivity contribution >= 4 is 5.69 Å². The van der Waals surface area contributed by atoms with Crippen LogP contribution in [0.3, 0.4) is 0 Å². The summed E-state index contributed by atoms with van der Waals surface area (Å²) in [6.45, 7) is 2.23. The predicted octanol–water partition coefficient (Wildman–Crippen LogP) is 4.06. The lowest BCUT2D eigenvalue weighted by Gasteiger charge is -2.08. The first kappa shape index (κ1) is 13.6. The second-order valence-electron chi connectivity index (χ2n) is 4.84. The summed E-state index contributed by atoms with van der Waals surface area (Å²) in [6.07, 6.45) is 6.43. The zero-order valence-electron chi connectivity index (χ0n) is 11.8. The lowest BCUT2D eigenvalue weighted by Crippen LogP contribution is -1.99. The minimum absolute atomic E-state index is 0.880. The topological polar surface area (TPSA) is 24.9 Å². The van der Waals surface area contributed by atoms with Crippen LogP contribution in [0.25, 0.3) is 0 Å². The van der Waals surface area contributed by atoms with E-state index in [0.717, 1.165) is 17.8 Å². The summed E-state index contributed by atoms with van der Waals surface area (Å²) < 4.78 is 0. The van der Waals surface area contributed by atoms with Crippen LogP contribution < -0.4 is 5.32 Å². The predicted molar refractivity (Wildman–Crippen MR) is 81.6 cm³/mol. The third-order valence-corrected chi connectivity index (χ3v) is 3.37. The number of aromatic nitrogens is 1. The van der Waals surface area contributed by atoms with Gasteiger partial charge in [0.1, 0.15) is 0 Å². The fourth-order valence-electron chi connectivity index (χ4n) is 2.20. The maximum absolute atomic E-state index is 4.45. The van der Waals surface area contributed by atoms with Crippen molar-refractivity contribution in [3.63, 3.8) is 0 Å². The molecule has 0 aliphatic carbocycles. The Morgan fingerprint density at radius 3 is 2.47 bits per heavy atom. The van der Waals surface area contributed by atoms with Crippen LogP contribution in [0.15, 0.2) is 42.6 Å². The van der Waals surface area contributed by atoms with Gasteiger partial charge in [-0.15, -0.1) is 0 Å². The fourth-order valence-corrected chi connectivity index (χ4v) is 2.20. The van der Waals surface area contributed by atoms with Crippen molar-refractivity contribution in [3.05, 3.63) is 59.4 Å². The molecule has 0 fully saturated rings. The van der Waals surface area contributed by atoms with Crippen LogP contribution in [-0.4, -0.2) is 12.0 Å². The Kier molecular flexibility index (Phi) is 4.96. The largest absolute Gasteiger partial charge is 0.387 e. The van der Waals surface area contributed by atoms with Crippen molar-refractivity contribution in [2.75, 3.05) is 12.4 Å². The molecule has 0 unspecified atom stereocenters. The zero-order valence-corrected chi connectivity index (χ0v) is 11.8. The van der Waals surface area contributed by atoms with Crippen molar-refractivity contribution in [3.8, 4) is 0 Å². The SMILES string of the molecule is CCCCc1ccc(Cc2ncccc2NC)cc1. The molecule has 100 valence electrons. The number of anilines is 1. The smallest absolute Gasteiger partial charge is 0.0678 e. The first-order chi connectivity index (χ1) is 9.33. The Balaban J connectivity index is 2.06. The third-order valence-electron chi connectivity index (χ3n) is 3.37. The molecule has 0 aliphatic rings. The second kappa shape index (κ2) is 6.93. The van der Waals surface area contributed by atoms with Gasteiger partial charge in [0.2, 0.25) is 0 Å². The lowest BCUT2D eigenvalue weighted by atomic mass is 10.0. The molecule has 1 aromatic carbocycles. The van der Waals surface area contributed by atoms with Gasteiger partial charge in [0.15, 0.2) is 0 Å². The van der Waals surface area contributed by atoms with Crippen LogP contribution in [0, 0.1) is 0 Å². The minimum Gasteiger partial charge on any atom is -0.387 e. The first-order valence-electron chi connectivity index (χ1n) is 7.03. The van der Waals surface area contributed by atoms with E-state index in [1.54, 1.807) is 0 Å². The van der Waals surface area contributed by atoms with E-state index in [2.05, 4.69) is 47.6 Å². The van der Waals surface area contributed by atoms with Gasteiger partial charge in [0, 0.05) is 19.7 Å². The molecule has 1 heterocycles. The molecule has 1 N–H and O–H groups in total. The van der Waals surface area contributed by atoms with E-state index in [0.29, 0.717) is 0 Å². The standard InChI is InChI=1S/C17H22N2/c1-3-4-6-14-8-10-15(11-9-14)13-17-16(18-2)7-5-12-19-17/h5,7-12,18H,3-4,6,13H2,1-2H3. The van der Waals surface area contributed by atoms with Gasteiger partial charge in [-0.2, -0.15) is 0 Å². The highest BCUT2D eigenvalue weighted by atomic mass is 14.9. The van der Waals surface area contributed by atoms with E-state index < -0.39 is 0 Å². The van der Waals surface area contributed by atoms with Crippen LogP contribution in [0.4, 0.5) is 5.69 Å². The van der Waals surface area contributed by atoms with Crippen LogP contribution in [-0.2, 0) is 12.8 Å². The molecule has 2 aromatic rings. The van der Waals surface area contributed by atoms with Crippen molar-refractivity contribution in [1.29, 1.82) is 0 Å². The van der Waals surface area contributed by atoms with E-state index in [4.69, 9.17) is 0 Å². The molecular weight excluding hydrogens is 232 g/mol. The molecule has 0 aliphatic heterocycles. The van der Waals surface area contributed by atoms with Crippen LogP contribution in [0.1, 0.15) is 36.6 Å². The average Bonchev–Trinajstić information content (AvgIpc) is 2.47. The van der Waals surface area contributed by atoms with Crippen molar-refractivity contribution in [2.45, 2.75) is 32.6 Å². The number of nitrogens with one attached hydrogen (secondary N) is 1. The van der Waals surface area contributed by atoms with Crippen LogP contribution >= 0.6 is 0 Å². The number of benzene rings is 1. The highest BCUT2D eigenvalue weighted by molar-refractivity contribution is 5.48. The minimum atomic E-state index is 0.880. The monoisotopic (exact) mass is 254 g/mol. The van der Waals surface area contributed by atoms with Gasteiger partial charge in [-0.3, -0.25) is 4.98 Å². The molecule has 0 radical (unpaired) electrons. The van der Waals surface area contributed by atoms with Crippen molar-refractivity contribution in [1.82, 2.24) is 4.98 Å². The zero-order chi connectivity index (χ0) is 13.5. The third kappa shape index (κ3) is 3.82. The van der Waals surface area contributed by atoms with E-state index in [9.17, 15) is 0 Å². The van der Waals surface area contributed by atoms with E-state index in [-0.39, 0.29) is 0 Å². The van der Waals surface area contributed by atoms with Crippen molar-refractivity contribution < 1.29 is 0 Å². The molecule has 0 saturated heterocycles. The van der Waals surface area contributed by atoms with Crippen LogP contribution in [0.2, 0.25) is 0 Å². The van der Waals surface area contributed by atoms with Crippen LogP contribution in [0.5, 0.6) is 0 Å². The lowest BCUT2D eigenvalue weighted by molar-refractivity contribution is 0.794. The molecule has 1 aromatic heterocycles. The number of unbranched alkanes of at least 4 members (excludes halogenated alkanes) is 1. The molecular formula is C17H22N2. The van der Waals surface area contributed by atoms with Crippen molar-refractivity contribution in [2.24, 2.45) is 0 Å². The second-order valence-corrected chi connectivity index (χ2v) is 4.84. The van der Waals surface area contributed by atoms with Gasteiger partial charge in [-0.25, -0.2) is 0 Å². The highest BCUT2D eigenvalue weighted by Gasteiger charge is 2.03. The molecule has 0 amide bonds. The normalized spacial score (nSPS) is 10.4. The summed E-state index contributed by atoms with van der Waals surface area (Å²) in [7, 11) is 1.94. The van der Waals surface area contributed by atoms with Gasteiger partial charge in [-0.1, -0.05) is 37.6 Å². The highest BCUT2D eigenvalue weighted by Crippen LogP contribution is 2.17. The van der Waals surface area contributed by atoms with E-state index in [1.807, 2.05) is 19.3 Å². The van der Waals surface area contributed by atoms with Gasteiger partial charge in [0.25, 0.3) is 0 Å².